The summed E-state index contributed by atoms with van der Waals surface area (Å²) in [6, 6.07) is 0. The molecule has 1 aliphatic carbocycles. The van der Waals surface area contributed by atoms with E-state index in [4.69, 9.17) is 18.9 Å². The number of carbonyl (C=O) groups excluding carboxylic acids is 3. The van der Waals surface area contributed by atoms with Crippen molar-refractivity contribution < 1.29 is 33.3 Å². The normalized spacial score (nSPS) is 32.6. The zero-order valence-electron chi connectivity index (χ0n) is 12.4. The Bertz CT molecular complexity index is 510. The van der Waals surface area contributed by atoms with Crippen LogP contribution >= 0.6 is 0 Å². The van der Waals surface area contributed by atoms with Crippen LogP contribution in [0.5, 0.6) is 0 Å². The molecule has 5 atom stereocenters. The lowest BCUT2D eigenvalue weighted by Crippen LogP contribution is -2.44. The van der Waals surface area contributed by atoms with E-state index in [2.05, 4.69) is 6.58 Å². The SMILES string of the molecule is C=CCOC(=O)O[C@@H]1C=C[C@H]2[C@@H](C(=O)O[C@@H]2C)[C@@H]1C(=O)OC. The highest BCUT2D eigenvalue weighted by atomic mass is 16.7. The van der Waals surface area contributed by atoms with Gasteiger partial charge in [0.25, 0.3) is 0 Å². The molecule has 0 radical (unpaired) electrons. The Kier molecular flexibility index (Phi) is 4.85. The van der Waals surface area contributed by atoms with Crippen LogP contribution < -0.4 is 0 Å². The van der Waals surface area contributed by atoms with Crippen LogP contribution in [0.25, 0.3) is 0 Å². The summed E-state index contributed by atoms with van der Waals surface area (Å²) in [6.07, 6.45) is 2.46. The van der Waals surface area contributed by atoms with Gasteiger partial charge in [-0.1, -0.05) is 18.7 Å². The van der Waals surface area contributed by atoms with Crippen molar-refractivity contribution >= 4 is 18.1 Å². The van der Waals surface area contributed by atoms with Gasteiger partial charge in [-0.3, -0.25) is 9.59 Å². The molecule has 2 aliphatic rings. The maximum atomic E-state index is 12.1. The predicted molar refractivity (Wildman–Crippen MR) is 73.6 cm³/mol. The highest BCUT2D eigenvalue weighted by Crippen LogP contribution is 2.41. The van der Waals surface area contributed by atoms with Crippen LogP contribution in [0.2, 0.25) is 0 Å². The van der Waals surface area contributed by atoms with Crippen LogP contribution in [0, 0.1) is 17.8 Å². The molecular weight excluding hydrogens is 292 g/mol. The number of methoxy groups -OCH3 is 1. The first-order valence-electron chi connectivity index (χ1n) is 6.90. The van der Waals surface area contributed by atoms with Crippen molar-refractivity contribution in [2.75, 3.05) is 13.7 Å². The molecule has 0 unspecified atom stereocenters. The lowest BCUT2D eigenvalue weighted by atomic mass is 9.74. The molecule has 120 valence electrons. The Labute approximate surface area is 127 Å². The molecule has 0 bridgehead atoms. The first kappa shape index (κ1) is 16.1. The van der Waals surface area contributed by atoms with E-state index in [9.17, 15) is 14.4 Å². The minimum Gasteiger partial charge on any atom is -0.469 e. The average Bonchev–Trinajstić information content (AvgIpc) is 2.79. The number of ether oxygens (including phenoxy) is 4. The van der Waals surface area contributed by atoms with E-state index >= 15 is 0 Å². The van der Waals surface area contributed by atoms with E-state index in [-0.39, 0.29) is 18.6 Å². The van der Waals surface area contributed by atoms with Crippen molar-refractivity contribution in [2.45, 2.75) is 19.1 Å². The van der Waals surface area contributed by atoms with Gasteiger partial charge in [0.15, 0.2) is 0 Å². The second-order valence-electron chi connectivity index (χ2n) is 5.11. The molecule has 0 saturated carbocycles. The molecule has 0 N–H and O–H groups in total. The van der Waals surface area contributed by atoms with Crippen LogP contribution in [0.3, 0.4) is 0 Å². The standard InChI is InChI=1S/C15H18O7/c1-4-7-20-15(18)22-10-6-5-9-8(2)21-14(17)11(9)12(10)13(16)19-3/h4-6,8-12H,1,7H2,2-3H3/t8-,9-,10-,11-,12-/m1/s1. The molecule has 1 heterocycles. The molecule has 1 fully saturated rings. The molecule has 0 aromatic rings. The van der Waals surface area contributed by atoms with Gasteiger partial charge < -0.3 is 18.9 Å². The molecule has 1 saturated heterocycles. The fraction of sp³-hybridized carbons (Fsp3) is 0.533. The van der Waals surface area contributed by atoms with Crippen LogP contribution in [0.1, 0.15) is 6.92 Å². The number of esters is 2. The first-order valence-corrected chi connectivity index (χ1v) is 6.90. The first-order chi connectivity index (χ1) is 10.5. The van der Waals surface area contributed by atoms with E-state index < -0.39 is 36.0 Å². The van der Waals surface area contributed by atoms with Crippen LogP contribution in [-0.2, 0) is 28.5 Å². The summed E-state index contributed by atoms with van der Waals surface area (Å²) in [5.74, 6) is -3.06. The van der Waals surface area contributed by atoms with Crippen LogP contribution in [-0.4, -0.2) is 44.0 Å². The summed E-state index contributed by atoms with van der Waals surface area (Å²) >= 11 is 0. The van der Waals surface area contributed by atoms with E-state index in [1.807, 2.05) is 0 Å². The van der Waals surface area contributed by atoms with E-state index in [1.165, 1.54) is 13.2 Å². The minimum absolute atomic E-state index is 0.0106. The molecule has 0 aromatic heterocycles. The Morgan fingerprint density at radius 1 is 1.41 bits per heavy atom. The third-order valence-corrected chi connectivity index (χ3v) is 3.82. The van der Waals surface area contributed by atoms with Crippen molar-refractivity contribution in [2.24, 2.45) is 17.8 Å². The van der Waals surface area contributed by atoms with E-state index in [0.717, 1.165) is 0 Å². The van der Waals surface area contributed by atoms with Crippen molar-refractivity contribution in [1.29, 1.82) is 0 Å². The fourth-order valence-electron chi connectivity index (χ4n) is 2.82. The highest BCUT2D eigenvalue weighted by molar-refractivity contribution is 5.85. The molecular formula is C15H18O7. The van der Waals surface area contributed by atoms with Gasteiger partial charge in [0.1, 0.15) is 24.7 Å². The minimum atomic E-state index is -0.950. The maximum Gasteiger partial charge on any atom is 0.509 e. The zero-order chi connectivity index (χ0) is 16.3. The predicted octanol–water partition coefficient (Wildman–Crippen LogP) is 1.23. The van der Waals surface area contributed by atoms with E-state index in [1.54, 1.807) is 19.1 Å². The maximum absolute atomic E-state index is 12.1. The lowest BCUT2D eigenvalue weighted by Gasteiger charge is -2.31. The zero-order valence-corrected chi connectivity index (χ0v) is 12.4. The van der Waals surface area contributed by atoms with Gasteiger partial charge in [-0.2, -0.15) is 0 Å². The van der Waals surface area contributed by atoms with Gasteiger partial charge in [0, 0.05) is 5.92 Å². The number of hydrogen-bond acceptors (Lipinski definition) is 7. The topological polar surface area (TPSA) is 88.1 Å². The Balaban J connectivity index is 2.21. The molecule has 7 heteroatoms. The summed E-state index contributed by atoms with van der Waals surface area (Å²) in [7, 11) is 1.21. The quantitative estimate of drug-likeness (QED) is 0.438. The molecule has 7 nitrogen and oxygen atoms in total. The second-order valence-corrected chi connectivity index (χ2v) is 5.11. The van der Waals surface area contributed by atoms with Crippen molar-refractivity contribution in [3.63, 3.8) is 0 Å². The number of carbonyl (C=O) groups is 3. The summed E-state index contributed by atoms with van der Waals surface area (Å²) < 4.78 is 19.8. The van der Waals surface area contributed by atoms with Crippen LogP contribution in [0.15, 0.2) is 24.8 Å². The third kappa shape index (κ3) is 2.98. The Morgan fingerprint density at radius 3 is 2.77 bits per heavy atom. The number of cyclic esters (lactones) is 1. The molecule has 22 heavy (non-hydrogen) atoms. The summed E-state index contributed by atoms with van der Waals surface area (Å²) in [5.41, 5.74) is 0. The second kappa shape index (κ2) is 6.64. The van der Waals surface area contributed by atoms with Crippen LogP contribution in [0.4, 0.5) is 4.79 Å². The van der Waals surface area contributed by atoms with E-state index in [0.29, 0.717) is 0 Å². The number of fused-ring (bicyclic) bond motifs is 1. The summed E-state index contributed by atoms with van der Waals surface area (Å²) in [6.45, 7) is 5.16. The Hall–Kier alpha value is -2.31. The van der Waals surface area contributed by atoms with Gasteiger partial charge in [0.2, 0.25) is 0 Å². The summed E-state index contributed by atoms with van der Waals surface area (Å²) in [4.78, 5) is 35.6. The molecule has 1 aliphatic heterocycles. The lowest BCUT2D eigenvalue weighted by molar-refractivity contribution is -0.159. The Morgan fingerprint density at radius 2 is 2.14 bits per heavy atom. The van der Waals surface area contributed by atoms with Gasteiger partial charge in [-0.15, -0.1) is 0 Å². The number of rotatable bonds is 4. The van der Waals surface area contributed by atoms with Crippen molar-refractivity contribution in [1.82, 2.24) is 0 Å². The molecule has 0 spiro atoms. The van der Waals surface area contributed by atoms with Gasteiger partial charge in [0.05, 0.1) is 13.0 Å². The largest absolute Gasteiger partial charge is 0.509 e. The van der Waals surface area contributed by atoms with Gasteiger partial charge in [-0.25, -0.2) is 4.79 Å². The van der Waals surface area contributed by atoms with Crippen molar-refractivity contribution in [3.8, 4) is 0 Å². The number of hydrogen-bond donors (Lipinski definition) is 0. The smallest absolute Gasteiger partial charge is 0.469 e. The highest BCUT2D eigenvalue weighted by Gasteiger charge is 2.54. The third-order valence-electron chi connectivity index (χ3n) is 3.82. The summed E-state index contributed by atoms with van der Waals surface area (Å²) in [5, 5.41) is 0. The van der Waals surface area contributed by atoms with Gasteiger partial charge >= 0.3 is 18.1 Å². The molecule has 2 rings (SSSR count). The monoisotopic (exact) mass is 310 g/mol. The average molecular weight is 310 g/mol. The fourth-order valence-corrected chi connectivity index (χ4v) is 2.82. The molecule has 0 amide bonds. The molecule has 0 aromatic carbocycles. The van der Waals surface area contributed by atoms with Gasteiger partial charge in [-0.05, 0) is 13.0 Å². The van der Waals surface area contributed by atoms with Crippen molar-refractivity contribution in [3.05, 3.63) is 24.8 Å².